The van der Waals surface area contributed by atoms with Crippen LogP contribution in [0.5, 0.6) is 0 Å². The van der Waals surface area contributed by atoms with Crippen molar-refractivity contribution >= 4 is 27.5 Å². The van der Waals surface area contributed by atoms with Gasteiger partial charge in [-0.1, -0.05) is 34.1 Å². The molecule has 3 aromatic rings. The largest absolute Gasteiger partial charge is 0.348 e. The van der Waals surface area contributed by atoms with Crippen molar-refractivity contribution in [1.82, 2.24) is 14.3 Å². The zero-order chi connectivity index (χ0) is 17.4. The third-order valence-corrected chi connectivity index (χ3v) is 4.98. The molecule has 0 bridgehead atoms. The lowest BCUT2D eigenvalue weighted by molar-refractivity contribution is -0.128. The van der Waals surface area contributed by atoms with Gasteiger partial charge in [0.05, 0.1) is 17.8 Å². The number of carbonyl (C=O) groups excluding carboxylic acids is 1. The van der Waals surface area contributed by atoms with Gasteiger partial charge in [0.25, 0.3) is 0 Å². The molecule has 0 aliphatic rings. The van der Waals surface area contributed by atoms with Crippen molar-refractivity contribution in [3.8, 4) is 11.3 Å². The average molecular weight is 386 g/mol. The van der Waals surface area contributed by atoms with Crippen LogP contribution in [0.15, 0.2) is 41.0 Å². The van der Waals surface area contributed by atoms with Crippen molar-refractivity contribution in [3.63, 3.8) is 0 Å². The highest BCUT2D eigenvalue weighted by Crippen LogP contribution is 2.29. The Morgan fingerprint density at radius 3 is 2.62 bits per heavy atom. The van der Waals surface area contributed by atoms with Crippen LogP contribution in [-0.2, 0) is 11.2 Å². The topological polar surface area (TPSA) is 37.6 Å². The van der Waals surface area contributed by atoms with E-state index >= 15 is 0 Å². The second-order valence-corrected chi connectivity index (χ2v) is 7.12. The SMILES string of the molecule is Cc1ccc2nc(-c3ccc(C)c(Br)c3)c(CC(=O)N(C)C)n2c1. The fourth-order valence-corrected chi connectivity index (χ4v) is 3.02. The molecule has 2 heterocycles. The van der Waals surface area contributed by atoms with Gasteiger partial charge in [-0.3, -0.25) is 4.79 Å². The lowest BCUT2D eigenvalue weighted by Gasteiger charge is -2.12. The van der Waals surface area contributed by atoms with Gasteiger partial charge in [-0.05, 0) is 37.1 Å². The molecule has 0 saturated heterocycles. The summed E-state index contributed by atoms with van der Waals surface area (Å²) in [5, 5.41) is 0. The van der Waals surface area contributed by atoms with Gasteiger partial charge in [-0.15, -0.1) is 0 Å². The first-order valence-electron chi connectivity index (χ1n) is 7.81. The van der Waals surface area contributed by atoms with Gasteiger partial charge in [0, 0.05) is 30.3 Å². The van der Waals surface area contributed by atoms with Crippen LogP contribution < -0.4 is 0 Å². The molecule has 1 aromatic carbocycles. The molecule has 3 rings (SSSR count). The molecule has 0 saturated carbocycles. The molecular weight excluding hydrogens is 366 g/mol. The van der Waals surface area contributed by atoms with E-state index in [1.807, 2.05) is 29.7 Å². The molecule has 0 radical (unpaired) electrons. The Labute approximate surface area is 150 Å². The molecular formula is C19H20BrN3O. The molecule has 0 N–H and O–H groups in total. The number of imidazole rings is 1. The Bertz CT molecular complexity index is 928. The van der Waals surface area contributed by atoms with Crippen LogP contribution in [0.4, 0.5) is 0 Å². The smallest absolute Gasteiger partial charge is 0.228 e. The Kier molecular flexibility index (Phi) is 4.45. The third kappa shape index (κ3) is 3.08. The number of likely N-dealkylation sites (N-methyl/N-ethyl adjacent to an activating group) is 1. The Morgan fingerprint density at radius 2 is 1.96 bits per heavy atom. The van der Waals surface area contributed by atoms with Gasteiger partial charge in [-0.2, -0.15) is 0 Å². The standard InChI is InChI=1S/C19H20BrN3O/c1-12-5-8-17-21-19(14-7-6-13(2)15(20)9-14)16(23(17)11-12)10-18(24)22(3)4/h5-9,11H,10H2,1-4H3. The second-order valence-electron chi connectivity index (χ2n) is 6.27. The summed E-state index contributed by atoms with van der Waals surface area (Å²) in [6, 6.07) is 10.2. The molecule has 0 aliphatic heterocycles. The number of aryl methyl sites for hydroxylation is 2. The summed E-state index contributed by atoms with van der Waals surface area (Å²) in [4.78, 5) is 18.7. The zero-order valence-corrected chi connectivity index (χ0v) is 15.9. The predicted molar refractivity (Wildman–Crippen MR) is 100 cm³/mol. The van der Waals surface area contributed by atoms with E-state index in [0.717, 1.165) is 32.6 Å². The van der Waals surface area contributed by atoms with Crippen LogP contribution in [0, 0.1) is 13.8 Å². The molecule has 0 unspecified atom stereocenters. The number of hydrogen-bond acceptors (Lipinski definition) is 2. The van der Waals surface area contributed by atoms with E-state index in [-0.39, 0.29) is 5.91 Å². The maximum Gasteiger partial charge on any atom is 0.228 e. The maximum atomic E-state index is 12.3. The van der Waals surface area contributed by atoms with Crippen molar-refractivity contribution in [2.24, 2.45) is 0 Å². The van der Waals surface area contributed by atoms with Crippen molar-refractivity contribution in [3.05, 3.63) is 57.8 Å². The van der Waals surface area contributed by atoms with Gasteiger partial charge in [0.15, 0.2) is 0 Å². The minimum absolute atomic E-state index is 0.0609. The quantitative estimate of drug-likeness (QED) is 0.682. The number of fused-ring (bicyclic) bond motifs is 1. The predicted octanol–water partition coefficient (Wildman–Crippen LogP) is 4.01. The summed E-state index contributed by atoms with van der Waals surface area (Å²) in [7, 11) is 3.55. The second kappa shape index (κ2) is 6.40. The number of nitrogens with zero attached hydrogens (tertiary/aromatic N) is 3. The molecule has 0 spiro atoms. The number of aromatic nitrogens is 2. The fourth-order valence-electron chi connectivity index (χ4n) is 2.64. The lowest BCUT2D eigenvalue weighted by atomic mass is 10.1. The monoisotopic (exact) mass is 385 g/mol. The first kappa shape index (κ1) is 16.7. The van der Waals surface area contributed by atoms with Crippen LogP contribution >= 0.6 is 15.9 Å². The van der Waals surface area contributed by atoms with Crippen LogP contribution in [-0.4, -0.2) is 34.3 Å². The minimum Gasteiger partial charge on any atom is -0.348 e. The Morgan fingerprint density at radius 1 is 1.21 bits per heavy atom. The van der Waals surface area contributed by atoms with E-state index in [2.05, 4.69) is 41.1 Å². The third-order valence-electron chi connectivity index (χ3n) is 4.13. The van der Waals surface area contributed by atoms with Crippen molar-refractivity contribution < 1.29 is 4.79 Å². The molecule has 0 aliphatic carbocycles. The highest BCUT2D eigenvalue weighted by atomic mass is 79.9. The minimum atomic E-state index is 0.0609. The first-order chi connectivity index (χ1) is 11.4. The van der Waals surface area contributed by atoms with Gasteiger partial charge in [0.2, 0.25) is 5.91 Å². The van der Waals surface area contributed by atoms with E-state index in [1.165, 1.54) is 5.56 Å². The van der Waals surface area contributed by atoms with E-state index in [9.17, 15) is 4.79 Å². The van der Waals surface area contributed by atoms with Gasteiger partial charge in [0.1, 0.15) is 5.65 Å². The molecule has 24 heavy (non-hydrogen) atoms. The highest BCUT2D eigenvalue weighted by molar-refractivity contribution is 9.10. The summed E-state index contributed by atoms with van der Waals surface area (Å²) < 4.78 is 3.07. The van der Waals surface area contributed by atoms with Crippen molar-refractivity contribution in [2.45, 2.75) is 20.3 Å². The zero-order valence-electron chi connectivity index (χ0n) is 14.3. The average Bonchev–Trinajstić information content (AvgIpc) is 2.88. The highest BCUT2D eigenvalue weighted by Gasteiger charge is 2.18. The molecule has 5 heteroatoms. The van der Waals surface area contributed by atoms with E-state index < -0.39 is 0 Å². The van der Waals surface area contributed by atoms with Gasteiger partial charge < -0.3 is 9.30 Å². The van der Waals surface area contributed by atoms with E-state index in [1.54, 1.807) is 19.0 Å². The number of hydrogen-bond donors (Lipinski definition) is 0. The molecule has 124 valence electrons. The van der Waals surface area contributed by atoms with Crippen LogP contribution in [0.3, 0.4) is 0 Å². The van der Waals surface area contributed by atoms with Gasteiger partial charge in [-0.25, -0.2) is 4.98 Å². The normalized spacial score (nSPS) is 11.0. The summed E-state index contributed by atoms with van der Waals surface area (Å²) in [6.07, 6.45) is 2.35. The Balaban J connectivity index is 2.22. The summed E-state index contributed by atoms with van der Waals surface area (Å²) in [5.41, 5.74) is 5.95. The van der Waals surface area contributed by atoms with Crippen molar-refractivity contribution in [2.75, 3.05) is 14.1 Å². The summed E-state index contributed by atoms with van der Waals surface area (Å²) in [6.45, 7) is 4.09. The molecule has 0 fully saturated rings. The first-order valence-corrected chi connectivity index (χ1v) is 8.60. The maximum absolute atomic E-state index is 12.3. The summed E-state index contributed by atoms with van der Waals surface area (Å²) >= 11 is 3.59. The molecule has 1 amide bonds. The number of benzene rings is 1. The van der Waals surface area contributed by atoms with E-state index in [4.69, 9.17) is 4.98 Å². The number of pyridine rings is 1. The molecule has 4 nitrogen and oxygen atoms in total. The van der Waals surface area contributed by atoms with Crippen LogP contribution in [0.2, 0.25) is 0 Å². The molecule has 2 aromatic heterocycles. The molecule has 0 atom stereocenters. The Hall–Kier alpha value is -2.14. The number of rotatable bonds is 3. The van der Waals surface area contributed by atoms with Crippen LogP contribution in [0.25, 0.3) is 16.9 Å². The van der Waals surface area contributed by atoms with Crippen LogP contribution in [0.1, 0.15) is 16.8 Å². The fraction of sp³-hybridized carbons (Fsp3) is 0.263. The number of amides is 1. The van der Waals surface area contributed by atoms with E-state index in [0.29, 0.717) is 6.42 Å². The summed E-state index contributed by atoms with van der Waals surface area (Å²) in [5.74, 6) is 0.0609. The number of carbonyl (C=O) groups is 1. The van der Waals surface area contributed by atoms with Crippen molar-refractivity contribution in [1.29, 1.82) is 0 Å². The van der Waals surface area contributed by atoms with Gasteiger partial charge >= 0.3 is 0 Å². The lowest BCUT2D eigenvalue weighted by Crippen LogP contribution is -2.24. The number of halogens is 1.